The van der Waals surface area contributed by atoms with Gasteiger partial charge in [-0.2, -0.15) is 13.2 Å². The van der Waals surface area contributed by atoms with Crippen LogP contribution < -0.4 is 4.74 Å². The summed E-state index contributed by atoms with van der Waals surface area (Å²) in [5.74, 6) is 0.571. The minimum absolute atomic E-state index is 0.242. The molecule has 1 unspecified atom stereocenters. The van der Waals surface area contributed by atoms with Crippen LogP contribution in [0.1, 0.15) is 22.1 Å². The van der Waals surface area contributed by atoms with Crippen molar-refractivity contribution in [2.45, 2.75) is 25.4 Å². The lowest BCUT2D eigenvalue weighted by atomic mass is 10.0. The highest BCUT2D eigenvalue weighted by Gasteiger charge is 2.28. The van der Waals surface area contributed by atoms with Crippen LogP contribution in [-0.4, -0.2) is 26.5 Å². The highest BCUT2D eigenvalue weighted by atomic mass is 79.9. The van der Waals surface area contributed by atoms with E-state index in [4.69, 9.17) is 16.3 Å². The van der Waals surface area contributed by atoms with Crippen LogP contribution in [0.4, 0.5) is 13.2 Å². The van der Waals surface area contributed by atoms with Gasteiger partial charge in [0.05, 0.1) is 19.1 Å². The fourth-order valence-corrected chi connectivity index (χ4v) is 2.79. The first kappa shape index (κ1) is 17.6. The lowest BCUT2D eigenvalue weighted by Gasteiger charge is -2.20. The average Bonchev–Trinajstić information content (AvgIpc) is 2.31. The van der Waals surface area contributed by atoms with E-state index >= 15 is 0 Å². The highest BCUT2D eigenvalue weighted by Crippen LogP contribution is 2.39. The molecule has 2 nitrogen and oxygen atoms in total. The minimum Gasteiger partial charge on any atom is -0.496 e. The molecule has 0 fully saturated rings. The van der Waals surface area contributed by atoms with Gasteiger partial charge in [0.15, 0.2) is 0 Å². The maximum atomic E-state index is 12.1. The van der Waals surface area contributed by atoms with Crippen LogP contribution >= 0.6 is 27.5 Å². The van der Waals surface area contributed by atoms with Crippen molar-refractivity contribution >= 4 is 27.5 Å². The van der Waals surface area contributed by atoms with Crippen molar-refractivity contribution in [1.82, 2.24) is 0 Å². The number of benzene rings is 1. The van der Waals surface area contributed by atoms with Crippen LogP contribution in [0, 0.1) is 13.8 Å². The first-order valence-electron chi connectivity index (χ1n) is 5.79. The number of rotatable bonds is 5. The van der Waals surface area contributed by atoms with Crippen molar-refractivity contribution in [3.05, 3.63) is 27.2 Å². The monoisotopic (exact) mass is 374 g/mol. The van der Waals surface area contributed by atoms with Gasteiger partial charge in [-0.3, -0.25) is 0 Å². The Morgan fingerprint density at radius 2 is 1.95 bits per heavy atom. The second-order valence-corrected chi connectivity index (χ2v) is 5.73. The molecule has 114 valence electrons. The average molecular weight is 376 g/mol. The fraction of sp³-hybridized carbons (Fsp3) is 0.538. The summed E-state index contributed by atoms with van der Waals surface area (Å²) < 4.78 is 46.9. The topological polar surface area (TPSA) is 18.5 Å². The molecule has 0 bridgehead atoms. The number of hydrogen-bond acceptors (Lipinski definition) is 2. The lowest BCUT2D eigenvalue weighted by Crippen LogP contribution is -2.19. The molecule has 1 aromatic rings. The first-order valence-corrected chi connectivity index (χ1v) is 7.02. The van der Waals surface area contributed by atoms with E-state index in [1.807, 2.05) is 19.9 Å². The molecule has 0 saturated heterocycles. The molecule has 1 rings (SSSR count). The number of aryl methyl sites for hydroxylation is 1. The van der Waals surface area contributed by atoms with E-state index in [1.165, 1.54) is 7.11 Å². The molecule has 0 spiro atoms. The van der Waals surface area contributed by atoms with Gasteiger partial charge >= 0.3 is 6.18 Å². The Morgan fingerprint density at radius 3 is 2.45 bits per heavy atom. The Hall–Kier alpha value is -0.460. The van der Waals surface area contributed by atoms with Crippen LogP contribution in [0.15, 0.2) is 10.5 Å². The molecule has 0 saturated carbocycles. The molecule has 0 radical (unpaired) electrons. The van der Waals surface area contributed by atoms with Crippen molar-refractivity contribution in [1.29, 1.82) is 0 Å². The second-order valence-electron chi connectivity index (χ2n) is 4.35. The highest BCUT2D eigenvalue weighted by molar-refractivity contribution is 9.10. The third-order valence-corrected chi connectivity index (χ3v) is 3.92. The molecular formula is C13H15BrClF3O2. The largest absolute Gasteiger partial charge is 0.496 e. The van der Waals surface area contributed by atoms with Gasteiger partial charge in [-0.1, -0.05) is 15.9 Å². The number of halogens is 5. The molecular weight excluding hydrogens is 360 g/mol. The maximum absolute atomic E-state index is 12.1. The zero-order chi connectivity index (χ0) is 15.5. The molecule has 0 heterocycles. The quantitative estimate of drug-likeness (QED) is 0.679. The Balaban J connectivity index is 2.94. The molecule has 1 aromatic carbocycles. The Labute approximate surface area is 129 Å². The number of ether oxygens (including phenoxy) is 2. The Kier molecular flexibility index (Phi) is 6.16. The number of hydrogen-bond donors (Lipinski definition) is 0. The standard InChI is InChI=1S/C13H15BrClF3O2/c1-7-4-9(14)8(2)11(12(7)19-3)10(15)5-20-6-13(16,17)18/h4,10H,5-6H2,1-3H3. The van der Waals surface area contributed by atoms with Gasteiger partial charge < -0.3 is 9.47 Å². The first-order chi connectivity index (χ1) is 9.17. The molecule has 1 atom stereocenters. The summed E-state index contributed by atoms with van der Waals surface area (Å²) in [6.07, 6.45) is -4.36. The number of methoxy groups -OCH3 is 1. The Bertz CT molecular complexity index is 478. The number of alkyl halides is 4. The normalized spacial score (nSPS) is 13.4. The van der Waals surface area contributed by atoms with E-state index < -0.39 is 18.2 Å². The van der Waals surface area contributed by atoms with E-state index in [0.717, 1.165) is 15.6 Å². The third kappa shape index (κ3) is 4.53. The zero-order valence-electron chi connectivity index (χ0n) is 11.3. The van der Waals surface area contributed by atoms with Crippen molar-refractivity contribution < 1.29 is 22.6 Å². The summed E-state index contributed by atoms with van der Waals surface area (Å²) in [6, 6.07) is 1.87. The van der Waals surface area contributed by atoms with Crippen molar-refractivity contribution in [2.75, 3.05) is 20.3 Å². The van der Waals surface area contributed by atoms with Gasteiger partial charge in [0.1, 0.15) is 12.4 Å². The maximum Gasteiger partial charge on any atom is 0.411 e. The summed E-state index contributed by atoms with van der Waals surface area (Å²) in [6.45, 7) is 2.10. The van der Waals surface area contributed by atoms with E-state index in [1.54, 1.807) is 0 Å². The van der Waals surface area contributed by atoms with Crippen molar-refractivity contribution in [2.24, 2.45) is 0 Å². The molecule has 0 aliphatic carbocycles. The summed E-state index contributed by atoms with van der Waals surface area (Å²) in [7, 11) is 1.50. The summed E-state index contributed by atoms with van der Waals surface area (Å²) in [5, 5.41) is -0.719. The van der Waals surface area contributed by atoms with Crippen LogP contribution in [-0.2, 0) is 4.74 Å². The van der Waals surface area contributed by atoms with Gasteiger partial charge in [0, 0.05) is 10.0 Å². The van der Waals surface area contributed by atoms with E-state index in [2.05, 4.69) is 20.7 Å². The molecule has 20 heavy (non-hydrogen) atoms. The third-order valence-electron chi connectivity index (χ3n) is 2.76. The summed E-state index contributed by atoms with van der Waals surface area (Å²) in [4.78, 5) is 0. The van der Waals surface area contributed by atoms with Gasteiger partial charge in [-0.05, 0) is 31.0 Å². The summed E-state index contributed by atoms with van der Waals surface area (Å²) in [5.41, 5.74) is 2.31. The molecule has 0 aliphatic rings. The second kappa shape index (κ2) is 7.00. The molecule has 0 amide bonds. The molecule has 0 N–H and O–H groups in total. The zero-order valence-corrected chi connectivity index (χ0v) is 13.6. The van der Waals surface area contributed by atoms with Crippen LogP contribution in [0.25, 0.3) is 0 Å². The predicted octanol–water partition coefficient (Wildman–Crippen LogP) is 4.93. The van der Waals surface area contributed by atoms with Crippen LogP contribution in [0.3, 0.4) is 0 Å². The summed E-state index contributed by atoms with van der Waals surface area (Å²) >= 11 is 9.57. The Morgan fingerprint density at radius 1 is 1.35 bits per heavy atom. The molecule has 0 aliphatic heterocycles. The molecule has 0 aromatic heterocycles. The smallest absolute Gasteiger partial charge is 0.411 e. The minimum atomic E-state index is -4.36. The van der Waals surface area contributed by atoms with E-state index in [9.17, 15) is 13.2 Å². The van der Waals surface area contributed by atoms with Gasteiger partial charge in [0.25, 0.3) is 0 Å². The lowest BCUT2D eigenvalue weighted by molar-refractivity contribution is -0.173. The van der Waals surface area contributed by atoms with Crippen LogP contribution in [0.2, 0.25) is 0 Å². The predicted molar refractivity (Wildman–Crippen MR) is 75.6 cm³/mol. The molecule has 7 heteroatoms. The SMILES string of the molecule is COc1c(C)cc(Br)c(C)c1C(Cl)COCC(F)(F)F. The van der Waals surface area contributed by atoms with E-state index in [0.29, 0.717) is 11.3 Å². The van der Waals surface area contributed by atoms with Gasteiger partial charge in [-0.15, -0.1) is 11.6 Å². The van der Waals surface area contributed by atoms with Gasteiger partial charge in [0.2, 0.25) is 0 Å². The van der Waals surface area contributed by atoms with Gasteiger partial charge in [-0.25, -0.2) is 0 Å². The van der Waals surface area contributed by atoms with Crippen LogP contribution in [0.5, 0.6) is 5.75 Å². The van der Waals surface area contributed by atoms with Crippen molar-refractivity contribution in [3.63, 3.8) is 0 Å². The van der Waals surface area contributed by atoms with E-state index in [-0.39, 0.29) is 6.61 Å². The fourth-order valence-electron chi connectivity index (χ4n) is 1.88. The van der Waals surface area contributed by atoms with Crippen molar-refractivity contribution in [3.8, 4) is 5.75 Å².